The van der Waals surface area contributed by atoms with Crippen molar-refractivity contribution in [1.29, 1.82) is 0 Å². The van der Waals surface area contributed by atoms with Crippen molar-refractivity contribution in [2.75, 3.05) is 24.1 Å². The van der Waals surface area contributed by atoms with E-state index in [4.69, 9.17) is 46.9 Å². The number of pyridine rings is 2. The molecule has 2 amide bonds. The zero-order valence-corrected chi connectivity index (χ0v) is 30.6. The number of hydrogen-bond donors (Lipinski definition) is 1. The molecule has 2 aromatic heterocycles. The zero-order chi connectivity index (χ0) is 37.8. The van der Waals surface area contributed by atoms with Crippen molar-refractivity contribution in [3.8, 4) is 11.5 Å². The van der Waals surface area contributed by atoms with Crippen molar-refractivity contribution in [2.24, 2.45) is 0 Å². The second-order valence-electron chi connectivity index (χ2n) is 12.4. The minimum Gasteiger partial charge on any atom is -0.428 e. The summed E-state index contributed by atoms with van der Waals surface area (Å²) in [6.07, 6.45) is 1.41. The smallest absolute Gasteiger partial charge is 0.428 e. The number of halogens is 2. The van der Waals surface area contributed by atoms with Crippen LogP contribution in [0.2, 0.25) is 10.3 Å². The van der Waals surface area contributed by atoms with Gasteiger partial charge < -0.3 is 29.0 Å². The van der Waals surface area contributed by atoms with E-state index in [0.717, 1.165) is 0 Å². The van der Waals surface area contributed by atoms with Crippen LogP contribution in [0.1, 0.15) is 62.3 Å². The topological polar surface area (TPSA) is 155 Å². The number of benzene rings is 2. The minimum absolute atomic E-state index is 0.0102. The Morgan fingerprint density at radius 2 is 1.14 bits per heavy atom. The first-order chi connectivity index (χ1) is 24.0. The van der Waals surface area contributed by atoms with Gasteiger partial charge >= 0.3 is 12.3 Å². The molecule has 0 aliphatic heterocycles. The number of rotatable bonds is 8. The van der Waals surface area contributed by atoms with Gasteiger partial charge in [0.25, 0.3) is 11.8 Å². The van der Waals surface area contributed by atoms with E-state index in [1.807, 2.05) is 0 Å². The number of carbonyl (C=O) groups is 4. The Morgan fingerprint density at radius 1 is 0.686 bits per heavy atom. The molecule has 0 aliphatic rings. The summed E-state index contributed by atoms with van der Waals surface area (Å²) in [7, 11) is 1.48. The number of methoxy groups -OCH3 is 1. The van der Waals surface area contributed by atoms with E-state index in [9.17, 15) is 19.2 Å². The number of hydrogen-bond acceptors (Lipinski definition) is 11. The molecule has 51 heavy (non-hydrogen) atoms. The summed E-state index contributed by atoms with van der Waals surface area (Å²) in [6.45, 7) is 10.5. The van der Waals surface area contributed by atoms with Crippen molar-refractivity contribution < 1.29 is 42.9 Å². The Morgan fingerprint density at radius 3 is 1.57 bits per heavy atom. The molecule has 0 atom stereocenters. The molecule has 0 bridgehead atoms. The molecule has 15 heteroatoms. The second-order valence-corrected chi connectivity index (χ2v) is 13.2. The molecule has 0 saturated heterocycles. The normalized spacial score (nSPS) is 10.9. The number of aromatic nitrogens is 2. The molecule has 0 aliphatic carbocycles. The van der Waals surface area contributed by atoms with Crippen LogP contribution in [0.25, 0.3) is 0 Å². The van der Waals surface area contributed by atoms with Gasteiger partial charge in [0.2, 0.25) is 0 Å². The van der Waals surface area contributed by atoms with Crippen LogP contribution in [0.5, 0.6) is 11.5 Å². The van der Waals surface area contributed by atoms with Gasteiger partial charge in [-0.05, 0) is 114 Å². The molecule has 1 N–H and O–H groups in total. The summed E-state index contributed by atoms with van der Waals surface area (Å²) in [6, 6.07) is 19.1. The summed E-state index contributed by atoms with van der Waals surface area (Å²) in [5, 5.41) is 2.91. The number of carbonyl (C=O) groups excluding carboxylic acids is 4. The summed E-state index contributed by atoms with van der Waals surface area (Å²) in [5.74, 6) is -0.149. The molecule has 0 saturated carbocycles. The Hall–Kier alpha value is -5.24. The maximum absolute atomic E-state index is 12.8. The van der Waals surface area contributed by atoms with Crippen LogP contribution < -0.4 is 19.7 Å². The van der Waals surface area contributed by atoms with Gasteiger partial charge in [-0.1, -0.05) is 23.2 Å². The highest BCUT2D eigenvalue weighted by Crippen LogP contribution is 2.24. The average molecular weight is 742 g/mol. The van der Waals surface area contributed by atoms with E-state index >= 15 is 0 Å². The fourth-order valence-corrected chi connectivity index (χ4v) is 4.26. The lowest BCUT2D eigenvalue weighted by Crippen LogP contribution is -2.33. The number of anilines is 2. The summed E-state index contributed by atoms with van der Waals surface area (Å²) in [4.78, 5) is 57.4. The number of nitrogens with zero attached hydrogens (tertiary/aromatic N) is 3. The third-order valence-corrected chi connectivity index (χ3v) is 6.54. The van der Waals surface area contributed by atoms with Crippen LogP contribution in [-0.4, -0.2) is 59.1 Å². The molecule has 270 valence electrons. The molecular weight excluding hydrogens is 703 g/mol. The Kier molecular flexibility index (Phi) is 14.3. The second kappa shape index (κ2) is 18.1. The zero-order valence-electron chi connectivity index (χ0n) is 29.1. The van der Waals surface area contributed by atoms with Crippen LogP contribution in [0, 0.1) is 0 Å². The highest BCUT2D eigenvalue weighted by atomic mass is 35.5. The molecule has 13 nitrogen and oxygen atoms in total. The quantitative estimate of drug-likeness (QED) is 0.0799. The monoisotopic (exact) mass is 740 g/mol. The van der Waals surface area contributed by atoms with Gasteiger partial charge in [-0.25, -0.2) is 19.6 Å². The Bertz CT molecular complexity index is 1810. The van der Waals surface area contributed by atoms with Gasteiger partial charge in [-0.15, -0.1) is 0 Å². The maximum Gasteiger partial charge on any atom is 0.514 e. The van der Waals surface area contributed by atoms with E-state index in [1.54, 1.807) is 114 Å². The van der Waals surface area contributed by atoms with Crippen LogP contribution in [0.3, 0.4) is 0 Å². The standard InChI is InChI=1S/C19H21ClN2O5.C17H17ClN2O4/c1-19(2,3)27-18(24)26-14-9-7-13(8-10-14)22(12-25-4)17(23)15-6-5-11-21-16(15)20;1-17(2,3)24-16(22)23-12-8-6-11(7-9-12)20-15(21)13-5-4-10-19-14(13)18/h5-11H,12H2,1-4H3;4-10H,1-3H3,(H,20,21). The molecule has 4 rings (SSSR count). The van der Waals surface area contributed by atoms with E-state index in [2.05, 4.69) is 15.3 Å². The molecule has 2 heterocycles. The first kappa shape index (κ1) is 40.2. The molecule has 2 aromatic carbocycles. The SMILES string of the molecule is CC(C)(C)OC(=O)Oc1ccc(NC(=O)c2cccnc2Cl)cc1.COCN(C(=O)c1cccnc1Cl)c1ccc(OC(=O)OC(C)(C)C)cc1. The predicted octanol–water partition coefficient (Wildman–Crippen LogP) is 8.60. The van der Waals surface area contributed by atoms with Gasteiger partial charge in [-0.2, -0.15) is 0 Å². The van der Waals surface area contributed by atoms with Crippen molar-refractivity contribution in [2.45, 2.75) is 52.7 Å². The minimum atomic E-state index is -0.804. The Labute approximate surface area is 305 Å². The largest absolute Gasteiger partial charge is 0.514 e. The predicted molar refractivity (Wildman–Crippen MR) is 192 cm³/mol. The van der Waals surface area contributed by atoms with Crippen molar-refractivity contribution in [3.63, 3.8) is 0 Å². The summed E-state index contributed by atoms with van der Waals surface area (Å²) >= 11 is 11.9. The highest BCUT2D eigenvalue weighted by Gasteiger charge is 2.22. The third-order valence-electron chi connectivity index (χ3n) is 5.94. The molecular formula is C36H38Cl2N4O9. The van der Waals surface area contributed by atoms with Gasteiger partial charge in [0.1, 0.15) is 39.7 Å². The summed E-state index contributed by atoms with van der Waals surface area (Å²) in [5.41, 5.74) is 0.309. The maximum atomic E-state index is 12.8. The van der Waals surface area contributed by atoms with Gasteiger partial charge in [0.15, 0.2) is 0 Å². The van der Waals surface area contributed by atoms with E-state index in [-0.39, 0.29) is 45.7 Å². The number of amides is 2. The lowest BCUT2D eigenvalue weighted by Gasteiger charge is -2.22. The van der Waals surface area contributed by atoms with E-state index in [0.29, 0.717) is 17.1 Å². The lowest BCUT2D eigenvalue weighted by atomic mass is 10.2. The number of ether oxygens (including phenoxy) is 5. The van der Waals surface area contributed by atoms with Crippen LogP contribution in [-0.2, 0) is 14.2 Å². The van der Waals surface area contributed by atoms with Gasteiger partial charge in [0, 0.05) is 30.9 Å². The molecule has 0 spiro atoms. The van der Waals surface area contributed by atoms with Gasteiger partial charge in [0.05, 0.1) is 11.1 Å². The van der Waals surface area contributed by atoms with Crippen molar-refractivity contribution in [3.05, 3.63) is 107 Å². The van der Waals surface area contributed by atoms with E-state index < -0.39 is 23.5 Å². The number of nitrogens with one attached hydrogen (secondary N) is 1. The Balaban J connectivity index is 0.000000277. The van der Waals surface area contributed by atoms with Crippen LogP contribution in [0.4, 0.5) is 21.0 Å². The highest BCUT2D eigenvalue weighted by molar-refractivity contribution is 6.33. The third kappa shape index (κ3) is 13.5. The van der Waals surface area contributed by atoms with Crippen molar-refractivity contribution in [1.82, 2.24) is 9.97 Å². The van der Waals surface area contributed by atoms with Crippen molar-refractivity contribution >= 4 is 58.7 Å². The average Bonchev–Trinajstić information content (AvgIpc) is 3.04. The van der Waals surface area contributed by atoms with Crippen LogP contribution >= 0.6 is 23.2 Å². The summed E-state index contributed by atoms with van der Waals surface area (Å²) < 4.78 is 25.5. The lowest BCUT2D eigenvalue weighted by molar-refractivity contribution is 0.0193. The molecule has 0 unspecified atom stereocenters. The molecule has 4 aromatic rings. The fraction of sp³-hybridized carbons (Fsp3) is 0.278. The van der Waals surface area contributed by atoms with Crippen LogP contribution in [0.15, 0.2) is 85.2 Å². The fourth-order valence-electron chi connectivity index (χ4n) is 3.86. The molecule has 0 radical (unpaired) electrons. The first-order valence-corrected chi connectivity index (χ1v) is 16.1. The van der Waals surface area contributed by atoms with E-state index in [1.165, 1.54) is 24.4 Å². The van der Waals surface area contributed by atoms with Gasteiger partial charge in [-0.3, -0.25) is 14.5 Å². The molecule has 0 fully saturated rings. The first-order valence-electron chi connectivity index (χ1n) is 15.3.